The van der Waals surface area contributed by atoms with Crippen LogP contribution in [0.15, 0.2) is 29.3 Å². The third-order valence-electron chi connectivity index (χ3n) is 4.58. The highest BCUT2D eigenvalue weighted by Crippen LogP contribution is 2.20. The Bertz CT molecular complexity index is 621. The van der Waals surface area contributed by atoms with Crippen molar-refractivity contribution in [3.63, 3.8) is 0 Å². The van der Waals surface area contributed by atoms with Crippen molar-refractivity contribution < 1.29 is 17.6 Å². The number of rotatable bonds is 6. The van der Waals surface area contributed by atoms with Crippen molar-refractivity contribution in [2.75, 3.05) is 47.3 Å². The summed E-state index contributed by atoms with van der Waals surface area (Å²) in [6, 6.07) is 6.24. The second-order valence-electron chi connectivity index (χ2n) is 6.96. The van der Waals surface area contributed by atoms with Gasteiger partial charge in [0.25, 0.3) is 0 Å². The highest BCUT2D eigenvalue weighted by molar-refractivity contribution is 14.0. The number of likely N-dealkylation sites (N-methyl/N-ethyl adjacent to an activating group) is 1. The molecule has 160 valence electrons. The largest absolute Gasteiger partial charge is 0.401 e. The van der Waals surface area contributed by atoms with E-state index in [1.807, 2.05) is 19.0 Å². The first-order chi connectivity index (χ1) is 12.7. The molecule has 5 nitrogen and oxygen atoms in total. The monoisotopic (exact) mass is 517 g/mol. The first kappa shape index (κ1) is 24.9. The minimum absolute atomic E-state index is 0. The van der Waals surface area contributed by atoms with Gasteiger partial charge >= 0.3 is 6.18 Å². The maximum Gasteiger partial charge on any atom is 0.401 e. The molecule has 1 heterocycles. The van der Waals surface area contributed by atoms with Gasteiger partial charge in [0.2, 0.25) is 0 Å². The van der Waals surface area contributed by atoms with Gasteiger partial charge in [-0.1, -0.05) is 12.1 Å². The van der Waals surface area contributed by atoms with Gasteiger partial charge in [-0.15, -0.1) is 24.0 Å². The smallest absolute Gasteiger partial charge is 0.354 e. The van der Waals surface area contributed by atoms with Crippen LogP contribution in [0.4, 0.5) is 17.6 Å². The normalized spacial score (nSPS) is 19.4. The number of guanidine groups is 1. The summed E-state index contributed by atoms with van der Waals surface area (Å²) in [7, 11) is 5.48. The molecule has 1 aromatic carbocycles. The van der Waals surface area contributed by atoms with Gasteiger partial charge in [0.1, 0.15) is 5.82 Å². The minimum Gasteiger partial charge on any atom is -0.354 e. The third-order valence-corrected chi connectivity index (χ3v) is 4.58. The third kappa shape index (κ3) is 8.08. The van der Waals surface area contributed by atoms with Crippen molar-refractivity contribution in [1.29, 1.82) is 0 Å². The topological polar surface area (TPSA) is 42.9 Å². The Labute approximate surface area is 180 Å². The fourth-order valence-corrected chi connectivity index (χ4v) is 3.21. The molecular formula is C18H28F4IN5. The molecule has 1 aliphatic heterocycles. The number of hydrogen-bond acceptors (Lipinski definition) is 3. The molecule has 1 saturated heterocycles. The van der Waals surface area contributed by atoms with Gasteiger partial charge in [0, 0.05) is 32.7 Å². The lowest BCUT2D eigenvalue weighted by atomic mass is 10.1. The number of alkyl halides is 3. The molecule has 10 heteroatoms. The predicted octanol–water partition coefficient (Wildman–Crippen LogP) is 2.85. The summed E-state index contributed by atoms with van der Waals surface area (Å²) >= 11 is 0. The van der Waals surface area contributed by atoms with Crippen LogP contribution in [0, 0.1) is 5.82 Å². The average molecular weight is 517 g/mol. The molecule has 2 N–H and O–H groups in total. The van der Waals surface area contributed by atoms with E-state index in [0.29, 0.717) is 32.0 Å². The minimum atomic E-state index is -4.18. The molecule has 0 aromatic heterocycles. The molecule has 0 spiro atoms. The summed E-state index contributed by atoms with van der Waals surface area (Å²) in [5.74, 6) is 0.258. The van der Waals surface area contributed by atoms with Crippen molar-refractivity contribution in [2.24, 2.45) is 4.99 Å². The SMILES string of the molecule is CN=C(NCC(c1ccc(F)cc1)N(C)C)NC1CCN(CC(F)(F)F)C1.I. The van der Waals surface area contributed by atoms with E-state index >= 15 is 0 Å². The molecule has 28 heavy (non-hydrogen) atoms. The lowest BCUT2D eigenvalue weighted by Gasteiger charge is -2.27. The molecule has 0 amide bonds. The number of halogens is 5. The molecule has 2 unspecified atom stereocenters. The molecule has 0 radical (unpaired) electrons. The van der Waals surface area contributed by atoms with E-state index in [1.165, 1.54) is 17.0 Å². The molecule has 1 aromatic rings. The Morgan fingerprint density at radius 3 is 2.46 bits per heavy atom. The number of likely N-dealkylation sites (tertiary alicyclic amines) is 1. The number of hydrogen-bond donors (Lipinski definition) is 2. The highest BCUT2D eigenvalue weighted by Gasteiger charge is 2.34. The first-order valence-corrected chi connectivity index (χ1v) is 8.86. The number of benzene rings is 1. The zero-order chi connectivity index (χ0) is 20.0. The van der Waals surface area contributed by atoms with Gasteiger partial charge in [-0.3, -0.25) is 9.89 Å². The lowest BCUT2D eigenvalue weighted by Crippen LogP contribution is -2.47. The summed E-state index contributed by atoms with van der Waals surface area (Å²) in [5, 5.41) is 6.40. The molecular weight excluding hydrogens is 489 g/mol. The van der Waals surface area contributed by atoms with E-state index in [2.05, 4.69) is 15.6 Å². The van der Waals surface area contributed by atoms with Gasteiger partial charge in [-0.05, 0) is 38.2 Å². The van der Waals surface area contributed by atoms with Crippen LogP contribution in [-0.4, -0.2) is 75.3 Å². The molecule has 0 saturated carbocycles. The maximum atomic E-state index is 13.1. The summed E-state index contributed by atoms with van der Waals surface area (Å²) in [5.41, 5.74) is 0.960. The molecule has 0 bridgehead atoms. The Balaban J connectivity index is 0.00000392. The van der Waals surface area contributed by atoms with Gasteiger partial charge in [0.05, 0.1) is 12.6 Å². The second kappa shape index (κ2) is 11.1. The Hall–Kier alpha value is -1.14. The molecule has 1 fully saturated rings. The van der Waals surface area contributed by atoms with Crippen molar-refractivity contribution in [3.8, 4) is 0 Å². The Morgan fingerprint density at radius 1 is 1.29 bits per heavy atom. The van der Waals surface area contributed by atoms with Crippen molar-refractivity contribution in [1.82, 2.24) is 20.4 Å². The van der Waals surface area contributed by atoms with E-state index in [1.54, 1.807) is 19.2 Å². The van der Waals surface area contributed by atoms with Crippen LogP contribution in [0.5, 0.6) is 0 Å². The van der Waals surface area contributed by atoms with Crippen LogP contribution in [0.25, 0.3) is 0 Å². The first-order valence-electron chi connectivity index (χ1n) is 8.86. The summed E-state index contributed by atoms with van der Waals surface area (Å²) in [6.07, 6.45) is -3.55. The van der Waals surface area contributed by atoms with Crippen LogP contribution in [0.3, 0.4) is 0 Å². The number of nitrogens with one attached hydrogen (secondary N) is 2. The van der Waals surface area contributed by atoms with Crippen LogP contribution < -0.4 is 10.6 Å². The molecule has 2 rings (SSSR count). The summed E-state index contributed by atoms with van der Waals surface area (Å²) in [6.45, 7) is 0.376. The maximum absolute atomic E-state index is 13.1. The molecule has 0 aliphatic carbocycles. The van der Waals surface area contributed by atoms with E-state index in [0.717, 1.165) is 5.56 Å². The van der Waals surface area contributed by atoms with Gasteiger partial charge in [0.15, 0.2) is 5.96 Å². The molecule has 1 aliphatic rings. The van der Waals surface area contributed by atoms with E-state index in [9.17, 15) is 17.6 Å². The summed E-state index contributed by atoms with van der Waals surface area (Å²) in [4.78, 5) is 7.57. The zero-order valence-corrected chi connectivity index (χ0v) is 18.6. The van der Waals surface area contributed by atoms with Crippen molar-refractivity contribution in [2.45, 2.75) is 24.7 Å². The lowest BCUT2D eigenvalue weighted by molar-refractivity contribution is -0.143. The highest BCUT2D eigenvalue weighted by atomic mass is 127. The second-order valence-corrected chi connectivity index (χ2v) is 6.96. The zero-order valence-electron chi connectivity index (χ0n) is 16.3. The van der Waals surface area contributed by atoms with Gasteiger partial charge in [-0.25, -0.2) is 4.39 Å². The van der Waals surface area contributed by atoms with E-state index in [4.69, 9.17) is 0 Å². The fraction of sp³-hybridized carbons (Fsp3) is 0.611. The van der Waals surface area contributed by atoms with Crippen molar-refractivity contribution >= 4 is 29.9 Å². The standard InChI is InChI=1S/C18H27F4N5.HI/c1-23-17(25-15-8-9-27(11-15)12-18(20,21)22)24-10-16(26(2)3)13-4-6-14(19)7-5-13;/h4-7,15-16H,8-12H2,1-3H3,(H2,23,24,25);1H. The average Bonchev–Trinajstić information content (AvgIpc) is 3.00. The number of aliphatic imine (C=N–C) groups is 1. The Kier molecular flexibility index (Phi) is 9.91. The Morgan fingerprint density at radius 2 is 1.93 bits per heavy atom. The van der Waals surface area contributed by atoms with Crippen LogP contribution in [0.2, 0.25) is 0 Å². The predicted molar refractivity (Wildman–Crippen MR) is 114 cm³/mol. The van der Waals surface area contributed by atoms with Gasteiger partial charge < -0.3 is 15.5 Å². The number of nitrogens with zero attached hydrogens (tertiary/aromatic N) is 3. The molecule has 2 atom stereocenters. The van der Waals surface area contributed by atoms with Crippen LogP contribution in [0.1, 0.15) is 18.0 Å². The summed E-state index contributed by atoms with van der Waals surface area (Å²) < 4.78 is 50.7. The fourth-order valence-electron chi connectivity index (χ4n) is 3.21. The van der Waals surface area contributed by atoms with Crippen molar-refractivity contribution in [3.05, 3.63) is 35.6 Å². The van der Waals surface area contributed by atoms with Gasteiger partial charge in [-0.2, -0.15) is 13.2 Å². The van der Waals surface area contributed by atoms with E-state index < -0.39 is 12.7 Å². The van der Waals surface area contributed by atoms with Crippen LogP contribution >= 0.6 is 24.0 Å². The quantitative estimate of drug-likeness (QED) is 0.264. The van der Waals surface area contributed by atoms with E-state index in [-0.39, 0.29) is 41.9 Å². The van der Waals surface area contributed by atoms with Crippen LogP contribution in [-0.2, 0) is 0 Å².